The normalized spacial score (nSPS) is 13.5. The van der Waals surface area contributed by atoms with Crippen LogP contribution < -0.4 is 12.4 Å². The SMILES string of the molecule is CCCCC/C=C\C/C=C\CCCCCCCC[N+](C)(C=CCCCCCC/C=C\CCCCCCCC)C=CCCCCCC/C=C\CCCCCCCC.[Cl-]. The summed E-state index contributed by atoms with van der Waals surface area (Å²) in [5.41, 5.74) is 0. The van der Waals surface area contributed by atoms with E-state index in [0.29, 0.717) is 0 Å². The molecule has 0 aliphatic rings. The van der Waals surface area contributed by atoms with Crippen LogP contribution in [0.1, 0.15) is 265 Å². The van der Waals surface area contributed by atoms with Gasteiger partial charge in [-0.2, -0.15) is 0 Å². The Morgan fingerprint density at radius 3 is 0.825 bits per heavy atom. The standard InChI is InChI=1S/C55H102N.ClH/c1-5-8-11-14-17-20-23-26-29-32-35-38-41-44-47-50-53-56(4,54-51-48-45-42-39-36-33-30-27-24-21-18-15-12-9-6-2)55-52-49-46-43-40-37-34-31-28-25-22-19-16-13-10-7-3;/h17,20,26-31,51-52,54-55H,5-16,18-19,21-25,32-50,53H2,1-4H3;1H/q+1;/p-1/b20-17-,29-26-,30-27-,31-28-,54-51?,55-52?;. The molecule has 0 atom stereocenters. The molecule has 0 saturated heterocycles. The van der Waals surface area contributed by atoms with E-state index in [1.54, 1.807) is 0 Å². The van der Waals surface area contributed by atoms with Crippen LogP contribution in [0.3, 0.4) is 0 Å². The van der Waals surface area contributed by atoms with Crippen molar-refractivity contribution < 1.29 is 16.9 Å². The van der Waals surface area contributed by atoms with Gasteiger partial charge in [-0.3, -0.25) is 4.48 Å². The van der Waals surface area contributed by atoms with Gasteiger partial charge in [0.1, 0.15) is 0 Å². The van der Waals surface area contributed by atoms with E-state index in [4.69, 9.17) is 0 Å². The second-order valence-electron chi connectivity index (χ2n) is 17.5. The van der Waals surface area contributed by atoms with Crippen LogP contribution in [0.5, 0.6) is 0 Å². The quantitative estimate of drug-likeness (QED) is 0.0326. The Morgan fingerprint density at radius 2 is 0.491 bits per heavy atom. The molecule has 0 N–H and O–H groups in total. The van der Waals surface area contributed by atoms with Crippen molar-refractivity contribution in [1.82, 2.24) is 0 Å². The lowest BCUT2D eigenvalue weighted by Gasteiger charge is -2.26. The van der Waals surface area contributed by atoms with Gasteiger partial charge in [0.2, 0.25) is 0 Å². The molecule has 0 aromatic rings. The van der Waals surface area contributed by atoms with Gasteiger partial charge < -0.3 is 12.4 Å². The van der Waals surface area contributed by atoms with Gasteiger partial charge in [-0.1, -0.05) is 191 Å². The molecule has 0 unspecified atom stereocenters. The summed E-state index contributed by atoms with van der Waals surface area (Å²) in [5, 5.41) is 0. The van der Waals surface area contributed by atoms with Crippen molar-refractivity contribution in [2.75, 3.05) is 13.6 Å². The predicted octanol–water partition coefficient (Wildman–Crippen LogP) is 16.6. The van der Waals surface area contributed by atoms with Gasteiger partial charge in [0.05, 0.1) is 26.0 Å². The lowest BCUT2D eigenvalue weighted by atomic mass is 10.1. The number of quaternary nitrogens is 1. The number of rotatable bonds is 45. The first-order valence-corrected chi connectivity index (χ1v) is 25.5. The van der Waals surface area contributed by atoms with Crippen molar-refractivity contribution in [3.8, 4) is 0 Å². The van der Waals surface area contributed by atoms with E-state index in [0.717, 1.165) is 10.9 Å². The lowest BCUT2D eigenvalue weighted by Crippen LogP contribution is -3.00. The molecule has 0 amide bonds. The van der Waals surface area contributed by atoms with Crippen LogP contribution in [0.15, 0.2) is 73.2 Å². The fraction of sp³-hybridized carbons (Fsp3) is 0.782. The molecule has 2 heteroatoms. The van der Waals surface area contributed by atoms with Gasteiger partial charge >= 0.3 is 0 Å². The Morgan fingerprint density at radius 1 is 0.263 bits per heavy atom. The minimum atomic E-state index is 0. The van der Waals surface area contributed by atoms with Crippen LogP contribution >= 0.6 is 0 Å². The number of hydrogen-bond acceptors (Lipinski definition) is 0. The molecule has 0 aromatic heterocycles. The van der Waals surface area contributed by atoms with Crippen LogP contribution in [0.25, 0.3) is 0 Å². The van der Waals surface area contributed by atoms with Gasteiger partial charge in [-0.25, -0.2) is 0 Å². The third kappa shape index (κ3) is 49.0. The average molecular weight is 813 g/mol. The van der Waals surface area contributed by atoms with Gasteiger partial charge in [0, 0.05) is 0 Å². The van der Waals surface area contributed by atoms with Crippen molar-refractivity contribution in [3.05, 3.63) is 73.2 Å². The summed E-state index contributed by atoms with van der Waals surface area (Å²) in [7, 11) is 2.44. The van der Waals surface area contributed by atoms with Gasteiger partial charge in [-0.05, 0) is 134 Å². The minimum Gasteiger partial charge on any atom is -1.00 e. The Kier molecular flexibility index (Phi) is 51.5. The minimum absolute atomic E-state index is 0. The molecule has 0 aliphatic heterocycles. The third-order valence-electron chi connectivity index (χ3n) is 11.5. The molecule has 0 aromatic carbocycles. The van der Waals surface area contributed by atoms with E-state index in [1.165, 1.54) is 244 Å². The van der Waals surface area contributed by atoms with E-state index >= 15 is 0 Å². The number of halogens is 1. The second kappa shape index (κ2) is 50.8. The smallest absolute Gasteiger partial charge is 0.0961 e. The van der Waals surface area contributed by atoms with Gasteiger partial charge in [-0.15, -0.1) is 0 Å². The molecule has 57 heavy (non-hydrogen) atoms. The molecule has 334 valence electrons. The maximum Gasteiger partial charge on any atom is 0.0961 e. The number of allylic oxidation sites excluding steroid dienone is 10. The summed E-state index contributed by atoms with van der Waals surface area (Å²) >= 11 is 0. The van der Waals surface area contributed by atoms with Crippen LogP contribution in [-0.2, 0) is 0 Å². The second-order valence-corrected chi connectivity index (χ2v) is 17.5. The van der Waals surface area contributed by atoms with Crippen LogP contribution in [0.4, 0.5) is 0 Å². The molecule has 0 rings (SSSR count). The summed E-state index contributed by atoms with van der Waals surface area (Å²) in [6, 6.07) is 0. The fourth-order valence-electron chi connectivity index (χ4n) is 7.58. The van der Waals surface area contributed by atoms with Gasteiger partial charge in [0.15, 0.2) is 0 Å². The van der Waals surface area contributed by atoms with Crippen molar-refractivity contribution in [1.29, 1.82) is 0 Å². The Hall–Kier alpha value is -1.31. The predicted molar refractivity (Wildman–Crippen MR) is 258 cm³/mol. The van der Waals surface area contributed by atoms with Crippen molar-refractivity contribution in [2.24, 2.45) is 0 Å². The Labute approximate surface area is 366 Å². The van der Waals surface area contributed by atoms with Crippen molar-refractivity contribution >= 4 is 0 Å². The molecular weight excluding hydrogens is 710 g/mol. The summed E-state index contributed by atoms with van der Waals surface area (Å²) in [4.78, 5) is 0. The molecule has 0 fully saturated rings. The first-order valence-electron chi connectivity index (χ1n) is 25.5. The molecule has 0 heterocycles. The first kappa shape index (κ1) is 57.8. The highest BCUT2D eigenvalue weighted by Gasteiger charge is 2.14. The maximum atomic E-state index is 2.52. The number of nitrogens with zero attached hydrogens (tertiary/aromatic N) is 1. The highest BCUT2D eigenvalue weighted by molar-refractivity contribution is 4.92. The Bertz CT molecular complexity index is 875. The first-order chi connectivity index (χ1) is 27.7. The fourth-order valence-corrected chi connectivity index (χ4v) is 7.58. The van der Waals surface area contributed by atoms with E-state index in [9.17, 15) is 0 Å². The van der Waals surface area contributed by atoms with Gasteiger partial charge in [0.25, 0.3) is 0 Å². The molecule has 0 radical (unpaired) electrons. The summed E-state index contributed by atoms with van der Waals surface area (Å²) in [6.07, 6.45) is 80.5. The zero-order valence-electron chi connectivity index (χ0n) is 39.3. The van der Waals surface area contributed by atoms with Crippen molar-refractivity contribution in [3.63, 3.8) is 0 Å². The molecule has 0 spiro atoms. The number of hydrogen-bond donors (Lipinski definition) is 0. The van der Waals surface area contributed by atoms with Crippen LogP contribution in [0.2, 0.25) is 0 Å². The summed E-state index contributed by atoms with van der Waals surface area (Å²) in [6.45, 7) is 8.11. The van der Waals surface area contributed by atoms with E-state index in [1.807, 2.05) is 0 Å². The molecule has 0 aliphatic carbocycles. The molecule has 0 saturated carbocycles. The highest BCUT2D eigenvalue weighted by atomic mass is 35.5. The topological polar surface area (TPSA) is 0 Å². The zero-order chi connectivity index (χ0) is 40.6. The number of unbranched alkanes of at least 4 members (excludes halogenated alkanes) is 31. The molecule has 0 bridgehead atoms. The molecular formula is C55H102ClN. The maximum absolute atomic E-state index is 2.52. The molecule has 1 nitrogen and oxygen atoms in total. The average Bonchev–Trinajstić information content (AvgIpc) is 3.20. The van der Waals surface area contributed by atoms with Crippen molar-refractivity contribution in [2.45, 2.75) is 265 Å². The zero-order valence-corrected chi connectivity index (χ0v) is 40.1. The largest absolute Gasteiger partial charge is 1.00 e. The van der Waals surface area contributed by atoms with E-state index in [-0.39, 0.29) is 12.4 Å². The lowest BCUT2D eigenvalue weighted by molar-refractivity contribution is -0.807. The Balaban J connectivity index is 0. The van der Waals surface area contributed by atoms with E-state index < -0.39 is 0 Å². The third-order valence-corrected chi connectivity index (χ3v) is 11.5. The van der Waals surface area contributed by atoms with Crippen LogP contribution in [0, 0.1) is 0 Å². The summed E-state index contributed by atoms with van der Waals surface area (Å²) < 4.78 is 0.977. The monoisotopic (exact) mass is 812 g/mol. The van der Waals surface area contributed by atoms with Crippen LogP contribution in [-0.4, -0.2) is 18.1 Å². The van der Waals surface area contributed by atoms with E-state index in [2.05, 4.69) is 101 Å². The summed E-state index contributed by atoms with van der Waals surface area (Å²) in [5.74, 6) is 0. The highest BCUT2D eigenvalue weighted by Crippen LogP contribution is 2.16.